The molecule has 0 N–H and O–H groups in total. The average molecular weight is 256 g/mol. The minimum Gasteiger partial charge on any atom is -0.0654 e. The zero-order valence-electron chi connectivity index (χ0n) is 12.7. The van der Waals surface area contributed by atoms with Gasteiger partial charge in [-0.1, -0.05) is 33.6 Å². The minimum absolute atomic E-state index is 0.993. The van der Waals surface area contributed by atoms with Gasteiger partial charge in [-0.15, -0.1) is 0 Å². The summed E-state index contributed by atoms with van der Waals surface area (Å²) in [6, 6.07) is 0. The molecule has 0 aromatic heterocycles. The second kappa shape index (κ2) is 2.69. The summed E-state index contributed by atoms with van der Waals surface area (Å²) in [6.07, 6.45) is 7.78. The van der Waals surface area contributed by atoms with Crippen molar-refractivity contribution in [2.75, 3.05) is 0 Å². The summed E-state index contributed by atoms with van der Waals surface area (Å²) in [6.45, 7) is 7.34. The van der Waals surface area contributed by atoms with Gasteiger partial charge in [0.05, 0.1) is 0 Å². The zero-order valence-corrected chi connectivity index (χ0v) is 12.7. The van der Waals surface area contributed by atoms with E-state index in [9.17, 15) is 0 Å². The third kappa shape index (κ3) is 0.738. The highest BCUT2D eigenvalue weighted by molar-refractivity contribution is 5.67. The van der Waals surface area contributed by atoms with E-state index in [1.54, 1.807) is 19.3 Å². The Morgan fingerprint density at radius 2 is 1.68 bits per heavy atom. The predicted molar refractivity (Wildman–Crippen MR) is 76.4 cm³/mol. The van der Waals surface area contributed by atoms with E-state index in [1.165, 1.54) is 48.3 Å². The Balaban J connectivity index is 1.10. The van der Waals surface area contributed by atoms with Crippen molar-refractivity contribution in [2.24, 2.45) is 64.1 Å². The predicted octanol–water partition coefficient (Wildman–Crippen LogP) is 4.60. The van der Waals surface area contributed by atoms with Crippen LogP contribution >= 0.6 is 0 Å². The quantitative estimate of drug-likeness (QED) is 0.651. The molecule has 0 radical (unpaired) electrons. The molecule has 6 aliphatic rings. The highest BCUT2D eigenvalue weighted by atomic mass is 15.2. The SMILES string of the molecule is CCCC1CC1CCC1C2C3C(C(C)C)C4C25C1C345. The van der Waals surface area contributed by atoms with Crippen LogP contribution in [0.2, 0.25) is 0 Å². The molecule has 0 heterocycles. The van der Waals surface area contributed by atoms with Gasteiger partial charge in [0.2, 0.25) is 0 Å². The van der Waals surface area contributed by atoms with Crippen molar-refractivity contribution in [1.82, 2.24) is 0 Å². The molecule has 2 spiro atoms. The molecule has 0 aromatic rings. The maximum atomic E-state index is 2.49. The highest BCUT2D eigenvalue weighted by Gasteiger charge is 3.21. The number of hydrogen-bond donors (Lipinski definition) is 0. The number of rotatable bonds is 6. The van der Waals surface area contributed by atoms with Crippen LogP contribution in [0.15, 0.2) is 0 Å². The van der Waals surface area contributed by atoms with Gasteiger partial charge in [-0.05, 0) is 83.4 Å². The molecule has 0 heteroatoms. The first-order valence-electron chi connectivity index (χ1n) is 9.22. The molecule has 0 bridgehead atoms. The monoisotopic (exact) mass is 256 g/mol. The molecule has 6 saturated carbocycles. The Kier molecular flexibility index (Phi) is 1.51. The van der Waals surface area contributed by atoms with Gasteiger partial charge in [0.15, 0.2) is 0 Å². The molecule has 0 aromatic carbocycles. The van der Waals surface area contributed by atoms with Gasteiger partial charge in [-0.3, -0.25) is 0 Å². The molecule has 6 rings (SSSR count). The van der Waals surface area contributed by atoms with Crippen molar-refractivity contribution in [3.63, 3.8) is 0 Å². The summed E-state index contributed by atoms with van der Waals surface area (Å²) in [4.78, 5) is 0. The summed E-state index contributed by atoms with van der Waals surface area (Å²) in [7, 11) is 0. The van der Waals surface area contributed by atoms with Gasteiger partial charge in [0.25, 0.3) is 0 Å². The van der Waals surface area contributed by atoms with Crippen LogP contribution in [-0.2, 0) is 0 Å². The first-order chi connectivity index (χ1) is 9.22. The molecule has 0 amide bonds. The largest absolute Gasteiger partial charge is 0.0654 e. The molecule has 6 fully saturated rings. The average Bonchev–Trinajstić information content (AvgIpc) is 3.16. The fourth-order valence-electron chi connectivity index (χ4n) is 9.04. The minimum atomic E-state index is 0.993. The summed E-state index contributed by atoms with van der Waals surface area (Å²) in [5.41, 5.74) is 2.09. The molecule has 19 heavy (non-hydrogen) atoms. The second-order valence-corrected chi connectivity index (χ2v) is 9.48. The lowest BCUT2D eigenvalue weighted by Crippen LogP contribution is -2.41. The van der Waals surface area contributed by atoms with Crippen molar-refractivity contribution < 1.29 is 0 Å². The van der Waals surface area contributed by atoms with Crippen LogP contribution in [0.25, 0.3) is 0 Å². The normalized spacial score (nSPS) is 71.4. The van der Waals surface area contributed by atoms with Crippen LogP contribution in [0.1, 0.15) is 52.9 Å². The Morgan fingerprint density at radius 1 is 0.947 bits per heavy atom. The lowest BCUT2D eigenvalue weighted by molar-refractivity contribution is 0.0222. The van der Waals surface area contributed by atoms with Crippen LogP contribution in [0, 0.1) is 64.1 Å². The van der Waals surface area contributed by atoms with Crippen LogP contribution in [0.5, 0.6) is 0 Å². The zero-order chi connectivity index (χ0) is 12.7. The molecule has 104 valence electrons. The smallest absolute Gasteiger partial charge is 0.0125 e. The van der Waals surface area contributed by atoms with E-state index in [1.807, 2.05) is 0 Å². The molecule has 0 nitrogen and oxygen atoms in total. The van der Waals surface area contributed by atoms with Gasteiger partial charge in [0, 0.05) is 0 Å². The molecule has 6 aliphatic carbocycles. The van der Waals surface area contributed by atoms with Gasteiger partial charge >= 0.3 is 0 Å². The summed E-state index contributed by atoms with van der Waals surface area (Å²) in [5.74, 6) is 10.8. The molecule has 0 aliphatic heterocycles. The summed E-state index contributed by atoms with van der Waals surface area (Å²) in [5, 5.41) is 0. The van der Waals surface area contributed by atoms with E-state index in [-0.39, 0.29) is 0 Å². The Hall–Kier alpha value is 0. The highest BCUT2D eigenvalue weighted by Crippen LogP contribution is 3.24. The Labute approximate surface area is 117 Å². The van der Waals surface area contributed by atoms with Crippen molar-refractivity contribution >= 4 is 0 Å². The van der Waals surface area contributed by atoms with Crippen LogP contribution in [0.3, 0.4) is 0 Å². The van der Waals surface area contributed by atoms with Gasteiger partial charge in [-0.2, -0.15) is 0 Å². The molecule has 0 saturated heterocycles. The van der Waals surface area contributed by atoms with Crippen molar-refractivity contribution in [3.05, 3.63) is 0 Å². The lowest BCUT2D eigenvalue weighted by Gasteiger charge is -2.44. The fourth-order valence-corrected chi connectivity index (χ4v) is 9.04. The molecule has 10 atom stereocenters. The number of fused-ring (bicyclic) bond motifs is 1. The molecule has 10 unspecified atom stereocenters. The van der Waals surface area contributed by atoms with E-state index in [0.29, 0.717) is 0 Å². The second-order valence-electron chi connectivity index (χ2n) is 9.48. The molecular weight excluding hydrogens is 228 g/mol. The maximum Gasteiger partial charge on any atom is -0.0125 e. The fraction of sp³-hybridized carbons (Fsp3) is 1.00. The van der Waals surface area contributed by atoms with Gasteiger partial charge < -0.3 is 0 Å². The van der Waals surface area contributed by atoms with E-state index in [2.05, 4.69) is 20.8 Å². The summed E-state index contributed by atoms with van der Waals surface area (Å²) >= 11 is 0. The van der Waals surface area contributed by atoms with Crippen LogP contribution in [-0.4, -0.2) is 0 Å². The summed E-state index contributed by atoms with van der Waals surface area (Å²) < 4.78 is 0. The lowest BCUT2D eigenvalue weighted by atomic mass is 9.60. The van der Waals surface area contributed by atoms with Crippen LogP contribution in [0.4, 0.5) is 0 Å². The standard InChI is InChI=1S/C19H28/c1-4-5-10-8-11(10)6-7-12-14-15-13(9(2)3)17-18(14)16(12)19(15,17)18/h9-17H,4-8H2,1-3H3. The Morgan fingerprint density at radius 3 is 2.37 bits per heavy atom. The number of hydrogen-bond acceptors (Lipinski definition) is 0. The first kappa shape index (κ1) is 10.7. The maximum absolute atomic E-state index is 2.49. The van der Waals surface area contributed by atoms with Crippen molar-refractivity contribution in [3.8, 4) is 0 Å². The Bertz CT molecular complexity index is 468. The third-order valence-corrected chi connectivity index (χ3v) is 9.19. The van der Waals surface area contributed by atoms with Gasteiger partial charge in [-0.25, -0.2) is 0 Å². The van der Waals surface area contributed by atoms with E-state index >= 15 is 0 Å². The van der Waals surface area contributed by atoms with Crippen molar-refractivity contribution in [2.45, 2.75) is 52.9 Å². The van der Waals surface area contributed by atoms with E-state index < -0.39 is 0 Å². The third-order valence-electron chi connectivity index (χ3n) is 9.19. The van der Waals surface area contributed by atoms with Crippen molar-refractivity contribution in [1.29, 1.82) is 0 Å². The van der Waals surface area contributed by atoms with E-state index in [0.717, 1.165) is 28.6 Å². The first-order valence-corrected chi connectivity index (χ1v) is 9.22. The molecular formula is C19H28. The topological polar surface area (TPSA) is 0 Å². The van der Waals surface area contributed by atoms with E-state index in [4.69, 9.17) is 0 Å². The van der Waals surface area contributed by atoms with Gasteiger partial charge in [0.1, 0.15) is 0 Å². The van der Waals surface area contributed by atoms with Crippen LogP contribution < -0.4 is 0 Å².